The molecule has 5 nitrogen and oxygen atoms in total. The maximum absolute atomic E-state index is 12.5. The molecule has 2 amide bonds. The molecule has 1 heterocycles. The topological polar surface area (TPSA) is 72.6 Å². The van der Waals surface area contributed by atoms with Gasteiger partial charge in [-0.05, 0) is 12.1 Å². The number of nitrogens with zero attached hydrogens (tertiary/aromatic N) is 1. The van der Waals surface area contributed by atoms with Crippen LogP contribution >= 0.6 is 23.2 Å². The number of methoxy groups -OCH3 is 1. The molecule has 7 heteroatoms. The number of benzene rings is 1. The van der Waals surface area contributed by atoms with Gasteiger partial charge in [0.15, 0.2) is 0 Å². The maximum Gasteiger partial charge on any atom is 0.256 e. The van der Waals surface area contributed by atoms with Crippen LogP contribution in [0.1, 0.15) is 16.8 Å². The minimum Gasteiger partial charge on any atom is -0.380 e. The molecule has 0 spiro atoms. The molecule has 2 N–H and O–H groups in total. The Hall–Kier alpha value is -1.30. The molecular weight excluding hydrogens is 303 g/mol. The number of rotatable bonds is 3. The zero-order chi connectivity index (χ0) is 14.9. The molecule has 2 atom stereocenters. The summed E-state index contributed by atoms with van der Waals surface area (Å²) < 4.78 is 5.20. The number of primary amides is 1. The van der Waals surface area contributed by atoms with Gasteiger partial charge in [-0.3, -0.25) is 9.59 Å². The lowest BCUT2D eigenvalue weighted by Gasteiger charge is -2.22. The van der Waals surface area contributed by atoms with Crippen LogP contribution in [0.25, 0.3) is 0 Å². The van der Waals surface area contributed by atoms with Crippen LogP contribution in [-0.4, -0.2) is 42.5 Å². The van der Waals surface area contributed by atoms with E-state index >= 15 is 0 Å². The molecule has 1 aliphatic rings. The minimum atomic E-state index is -0.692. The Balaban J connectivity index is 2.31. The first-order chi connectivity index (χ1) is 9.45. The van der Waals surface area contributed by atoms with Crippen LogP contribution in [0.2, 0.25) is 10.0 Å². The Labute approximate surface area is 126 Å². The van der Waals surface area contributed by atoms with Gasteiger partial charge in [-0.25, -0.2) is 0 Å². The molecule has 1 aromatic carbocycles. The number of ether oxygens (including phenoxy) is 1. The largest absolute Gasteiger partial charge is 0.380 e. The summed E-state index contributed by atoms with van der Waals surface area (Å²) in [6.07, 6.45) is 0.171. The number of amides is 2. The first kappa shape index (κ1) is 15.1. The molecule has 1 aliphatic heterocycles. The number of nitrogens with two attached hydrogens (primary N) is 1. The monoisotopic (exact) mass is 316 g/mol. The van der Waals surface area contributed by atoms with Crippen molar-refractivity contribution in [1.29, 1.82) is 0 Å². The number of carbonyl (C=O) groups is 2. The first-order valence-electron chi connectivity index (χ1n) is 6.02. The van der Waals surface area contributed by atoms with E-state index in [4.69, 9.17) is 33.7 Å². The summed E-state index contributed by atoms with van der Waals surface area (Å²) >= 11 is 11.9. The van der Waals surface area contributed by atoms with Gasteiger partial charge in [0.2, 0.25) is 5.91 Å². The maximum atomic E-state index is 12.5. The van der Waals surface area contributed by atoms with E-state index in [-0.39, 0.29) is 27.6 Å². The fraction of sp³-hybridized carbons (Fsp3) is 0.385. The van der Waals surface area contributed by atoms with Crippen molar-refractivity contribution in [3.63, 3.8) is 0 Å². The van der Waals surface area contributed by atoms with Gasteiger partial charge >= 0.3 is 0 Å². The van der Waals surface area contributed by atoms with E-state index in [0.29, 0.717) is 13.0 Å². The van der Waals surface area contributed by atoms with Crippen LogP contribution in [0, 0.1) is 0 Å². The van der Waals surface area contributed by atoms with Crippen molar-refractivity contribution >= 4 is 35.0 Å². The standard InChI is InChI=1S/C13H14Cl2N2O3/c1-20-7-5-10(12(16)18)17(6-7)13(19)8-3-2-4-9(14)11(8)15/h2-4,7,10H,5-6H2,1H3,(H2,16,18)/t7-,10-/m0/s1. The lowest BCUT2D eigenvalue weighted by atomic mass is 10.1. The first-order valence-corrected chi connectivity index (χ1v) is 6.78. The molecule has 20 heavy (non-hydrogen) atoms. The third-order valence-electron chi connectivity index (χ3n) is 3.37. The fourth-order valence-corrected chi connectivity index (χ4v) is 2.67. The molecule has 0 saturated carbocycles. The fourth-order valence-electron chi connectivity index (χ4n) is 2.29. The van der Waals surface area contributed by atoms with Gasteiger partial charge < -0.3 is 15.4 Å². The van der Waals surface area contributed by atoms with E-state index < -0.39 is 11.9 Å². The molecule has 2 rings (SSSR count). The average Bonchev–Trinajstić information content (AvgIpc) is 2.85. The molecule has 0 unspecified atom stereocenters. The van der Waals surface area contributed by atoms with Crippen LogP contribution in [0.3, 0.4) is 0 Å². The van der Waals surface area contributed by atoms with Gasteiger partial charge in [-0.2, -0.15) is 0 Å². The van der Waals surface area contributed by atoms with E-state index in [1.807, 2.05) is 0 Å². The van der Waals surface area contributed by atoms with E-state index in [2.05, 4.69) is 0 Å². The normalized spacial score (nSPS) is 22.1. The van der Waals surface area contributed by atoms with E-state index in [0.717, 1.165) is 0 Å². The Morgan fingerprint density at radius 3 is 2.70 bits per heavy atom. The zero-order valence-corrected chi connectivity index (χ0v) is 12.3. The second-order valence-electron chi connectivity index (χ2n) is 4.57. The smallest absolute Gasteiger partial charge is 0.256 e. The number of carbonyl (C=O) groups excluding carboxylic acids is 2. The molecule has 0 aromatic heterocycles. The van der Waals surface area contributed by atoms with Gasteiger partial charge in [0.1, 0.15) is 6.04 Å². The van der Waals surface area contributed by atoms with Crippen LogP contribution in [0.5, 0.6) is 0 Å². The third-order valence-corrected chi connectivity index (χ3v) is 4.19. The molecule has 0 bridgehead atoms. The molecule has 0 radical (unpaired) electrons. The second-order valence-corrected chi connectivity index (χ2v) is 5.36. The Kier molecular flexibility index (Phi) is 4.52. The zero-order valence-electron chi connectivity index (χ0n) is 10.8. The summed E-state index contributed by atoms with van der Waals surface area (Å²) in [7, 11) is 1.53. The summed E-state index contributed by atoms with van der Waals surface area (Å²) in [6, 6.07) is 4.09. The number of likely N-dealkylation sites (tertiary alicyclic amines) is 1. The minimum absolute atomic E-state index is 0.170. The lowest BCUT2D eigenvalue weighted by Crippen LogP contribution is -2.43. The molecule has 108 valence electrons. The van der Waals surface area contributed by atoms with E-state index in [1.165, 1.54) is 12.0 Å². The van der Waals surface area contributed by atoms with Crippen LogP contribution < -0.4 is 5.73 Å². The number of halogens is 2. The van der Waals surface area contributed by atoms with Crippen molar-refractivity contribution in [3.8, 4) is 0 Å². The highest BCUT2D eigenvalue weighted by molar-refractivity contribution is 6.43. The lowest BCUT2D eigenvalue weighted by molar-refractivity contribution is -0.121. The highest BCUT2D eigenvalue weighted by Crippen LogP contribution is 2.29. The average molecular weight is 317 g/mol. The molecule has 1 aromatic rings. The van der Waals surface area contributed by atoms with Gasteiger partial charge in [-0.1, -0.05) is 29.3 Å². The van der Waals surface area contributed by atoms with Crippen molar-refractivity contribution in [2.75, 3.05) is 13.7 Å². The van der Waals surface area contributed by atoms with Crippen molar-refractivity contribution in [2.24, 2.45) is 5.73 Å². The van der Waals surface area contributed by atoms with Gasteiger partial charge in [0, 0.05) is 20.1 Å². The summed E-state index contributed by atoms with van der Waals surface area (Å²) in [5.41, 5.74) is 5.59. The highest BCUT2D eigenvalue weighted by Gasteiger charge is 2.39. The van der Waals surface area contributed by atoms with E-state index in [9.17, 15) is 9.59 Å². The van der Waals surface area contributed by atoms with Crippen molar-refractivity contribution in [1.82, 2.24) is 4.90 Å². The highest BCUT2D eigenvalue weighted by atomic mass is 35.5. The molecule has 1 fully saturated rings. The SMILES string of the molecule is CO[C@H]1C[C@@H](C(N)=O)N(C(=O)c2cccc(Cl)c2Cl)C1. The summed E-state index contributed by atoms with van der Waals surface area (Å²) in [5, 5.41) is 0.457. The Morgan fingerprint density at radius 2 is 2.10 bits per heavy atom. The summed E-state index contributed by atoms with van der Waals surface area (Å²) in [5.74, 6) is -0.933. The molecule has 1 saturated heterocycles. The predicted octanol–water partition coefficient (Wildman–Crippen LogP) is 1.71. The second kappa shape index (κ2) is 5.99. The van der Waals surface area contributed by atoms with Gasteiger partial charge in [-0.15, -0.1) is 0 Å². The molecule has 0 aliphatic carbocycles. The van der Waals surface area contributed by atoms with E-state index in [1.54, 1.807) is 18.2 Å². The van der Waals surface area contributed by atoms with Crippen LogP contribution in [-0.2, 0) is 9.53 Å². The van der Waals surface area contributed by atoms with Crippen molar-refractivity contribution in [2.45, 2.75) is 18.6 Å². The van der Waals surface area contributed by atoms with Crippen LogP contribution in [0.15, 0.2) is 18.2 Å². The Bertz CT molecular complexity index is 550. The Morgan fingerprint density at radius 1 is 1.40 bits per heavy atom. The van der Waals surface area contributed by atoms with Gasteiger partial charge in [0.05, 0.1) is 21.7 Å². The summed E-state index contributed by atoms with van der Waals surface area (Å²) in [6.45, 7) is 0.297. The quantitative estimate of drug-likeness (QED) is 0.922. The predicted molar refractivity (Wildman–Crippen MR) is 75.9 cm³/mol. The summed E-state index contributed by atoms with van der Waals surface area (Å²) in [4.78, 5) is 25.4. The van der Waals surface area contributed by atoms with Crippen molar-refractivity contribution in [3.05, 3.63) is 33.8 Å². The molecular formula is C13H14Cl2N2O3. The van der Waals surface area contributed by atoms with Crippen molar-refractivity contribution < 1.29 is 14.3 Å². The number of hydrogen-bond acceptors (Lipinski definition) is 3. The number of hydrogen-bond donors (Lipinski definition) is 1. The van der Waals surface area contributed by atoms with Gasteiger partial charge in [0.25, 0.3) is 5.91 Å². The third kappa shape index (κ3) is 2.75. The van der Waals surface area contributed by atoms with Crippen LogP contribution in [0.4, 0.5) is 0 Å².